The van der Waals surface area contributed by atoms with Gasteiger partial charge in [-0.3, -0.25) is 14.3 Å². The number of aryl methyl sites for hydroxylation is 1. The summed E-state index contributed by atoms with van der Waals surface area (Å²) in [7, 11) is 3.28. The van der Waals surface area contributed by atoms with E-state index in [4.69, 9.17) is 4.74 Å². The molecule has 2 amide bonds. The van der Waals surface area contributed by atoms with E-state index in [1.807, 2.05) is 20.8 Å². The number of rotatable bonds is 8. The number of nitrogens with zero attached hydrogens (tertiary/aromatic N) is 3. The zero-order chi connectivity index (χ0) is 23.5. The summed E-state index contributed by atoms with van der Waals surface area (Å²) >= 11 is 4.59. The molecule has 0 saturated heterocycles. The first-order valence-corrected chi connectivity index (χ1v) is 11.6. The minimum absolute atomic E-state index is 0.229. The van der Waals surface area contributed by atoms with E-state index in [1.165, 1.54) is 4.90 Å². The molecule has 0 aliphatic carbocycles. The van der Waals surface area contributed by atoms with E-state index in [2.05, 4.69) is 26.3 Å². The number of nitrogens with one attached hydrogen (secondary N) is 1. The third-order valence-electron chi connectivity index (χ3n) is 4.81. The van der Waals surface area contributed by atoms with E-state index < -0.39 is 11.9 Å². The molecule has 0 spiro atoms. The molecule has 31 heavy (non-hydrogen) atoms. The number of esters is 1. The van der Waals surface area contributed by atoms with Crippen molar-refractivity contribution in [2.24, 2.45) is 5.92 Å². The number of aromatic nitrogens is 2. The van der Waals surface area contributed by atoms with Crippen molar-refractivity contribution in [1.29, 1.82) is 0 Å². The largest absolute Gasteiger partial charge is 0.462 e. The predicted molar refractivity (Wildman–Crippen MR) is 125 cm³/mol. The number of carbonyl (C=O) groups excluding carboxylic acids is 3. The molecule has 1 atom stereocenters. The van der Waals surface area contributed by atoms with Crippen LogP contribution in [-0.4, -0.2) is 53.2 Å². The summed E-state index contributed by atoms with van der Waals surface area (Å²) in [6.45, 7) is 9.86. The zero-order valence-corrected chi connectivity index (χ0v) is 21.4. The maximum Gasteiger partial charge on any atom is 0.341 e. The standard InChI is InChI=1S/C21H29BrN4O4S/c1-8-9-30-21(29)15-12(3)17(20(28)25(6)7)31-19(15)23-18(27)11(2)10-26-14(5)16(22)13(4)24-26/h11H,8-10H2,1-7H3,(H,23,27). The van der Waals surface area contributed by atoms with Crippen LogP contribution < -0.4 is 5.32 Å². The number of anilines is 1. The monoisotopic (exact) mass is 512 g/mol. The second-order valence-electron chi connectivity index (χ2n) is 7.65. The summed E-state index contributed by atoms with van der Waals surface area (Å²) in [4.78, 5) is 40.0. The molecule has 10 heteroatoms. The summed E-state index contributed by atoms with van der Waals surface area (Å²) in [6.07, 6.45) is 0.676. The van der Waals surface area contributed by atoms with Crippen LogP contribution in [0.4, 0.5) is 5.00 Å². The van der Waals surface area contributed by atoms with E-state index in [0.717, 1.165) is 27.2 Å². The van der Waals surface area contributed by atoms with Crippen LogP contribution in [0.3, 0.4) is 0 Å². The summed E-state index contributed by atoms with van der Waals surface area (Å²) in [5.41, 5.74) is 2.53. The van der Waals surface area contributed by atoms with Crippen molar-refractivity contribution < 1.29 is 19.1 Å². The molecule has 8 nitrogen and oxygen atoms in total. The Hall–Kier alpha value is -2.20. The van der Waals surface area contributed by atoms with Crippen LogP contribution in [0.5, 0.6) is 0 Å². The van der Waals surface area contributed by atoms with Crippen LogP contribution in [0.2, 0.25) is 0 Å². The van der Waals surface area contributed by atoms with E-state index in [-0.39, 0.29) is 24.0 Å². The van der Waals surface area contributed by atoms with Gasteiger partial charge in [-0.1, -0.05) is 13.8 Å². The number of hydrogen-bond donors (Lipinski definition) is 1. The molecule has 2 rings (SSSR count). The van der Waals surface area contributed by atoms with Gasteiger partial charge in [0.1, 0.15) is 5.00 Å². The first-order chi connectivity index (χ1) is 14.5. The summed E-state index contributed by atoms with van der Waals surface area (Å²) in [6, 6.07) is 0. The summed E-state index contributed by atoms with van der Waals surface area (Å²) in [5, 5.41) is 7.62. The third kappa shape index (κ3) is 5.54. The molecular formula is C21H29BrN4O4S. The second-order valence-corrected chi connectivity index (χ2v) is 9.47. The third-order valence-corrected chi connectivity index (χ3v) is 7.16. The normalized spacial score (nSPS) is 11.9. The van der Waals surface area contributed by atoms with Gasteiger partial charge >= 0.3 is 5.97 Å². The number of halogens is 1. The average Bonchev–Trinajstić information content (AvgIpc) is 3.16. The number of carbonyl (C=O) groups is 3. The van der Waals surface area contributed by atoms with Crippen molar-refractivity contribution in [2.45, 2.75) is 47.6 Å². The first-order valence-electron chi connectivity index (χ1n) is 10.0. The Bertz CT molecular complexity index is 996. The predicted octanol–water partition coefficient (Wildman–Crippen LogP) is 4.18. The van der Waals surface area contributed by atoms with E-state index in [9.17, 15) is 14.4 Å². The van der Waals surface area contributed by atoms with Gasteiger partial charge in [-0.15, -0.1) is 11.3 Å². The van der Waals surface area contributed by atoms with Crippen LogP contribution in [0.15, 0.2) is 4.47 Å². The fourth-order valence-electron chi connectivity index (χ4n) is 2.95. The molecule has 0 radical (unpaired) electrons. The molecule has 0 aromatic carbocycles. The zero-order valence-electron chi connectivity index (χ0n) is 19.0. The second kappa shape index (κ2) is 10.4. The first kappa shape index (κ1) is 25.1. The lowest BCUT2D eigenvalue weighted by atomic mass is 10.1. The fourth-order valence-corrected chi connectivity index (χ4v) is 4.45. The molecule has 170 valence electrons. The number of thiophene rings is 1. The Morgan fingerprint density at radius 2 is 1.90 bits per heavy atom. The minimum Gasteiger partial charge on any atom is -0.462 e. The lowest BCUT2D eigenvalue weighted by molar-refractivity contribution is -0.119. The van der Waals surface area contributed by atoms with Crippen molar-refractivity contribution in [3.63, 3.8) is 0 Å². The quantitative estimate of drug-likeness (QED) is 0.535. The van der Waals surface area contributed by atoms with E-state index in [1.54, 1.807) is 32.6 Å². The molecular weight excluding hydrogens is 484 g/mol. The SMILES string of the molecule is CCCOC(=O)c1c(NC(=O)C(C)Cn2nc(C)c(Br)c2C)sc(C(=O)N(C)C)c1C. The minimum atomic E-state index is -0.543. The number of amides is 2. The Morgan fingerprint density at radius 3 is 2.42 bits per heavy atom. The fraction of sp³-hybridized carbons (Fsp3) is 0.524. The van der Waals surface area contributed by atoms with Crippen LogP contribution in [-0.2, 0) is 16.1 Å². The van der Waals surface area contributed by atoms with E-state index in [0.29, 0.717) is 28.4 Å². The Labute approximate surface area is 195 Å². The molecule has 2 aromatic heterocycles. The van der Waals surface area contributed by atoms with Gasteiger partial charge in [0.05, 0.1) is 39.7 Å². The van der Waals surface area contributed by atoms with Crippen molar-refractivity contribution in [3.05, 3.63) is 31.9 Å². The van der Waals surface area contributed by atoms with Crippen molar-refractivity contribution in [3.8, 4) is 0 Å². The van der Waals surface area contributed by atoms with Gasteiger partial charge in [0.25, 0.3) is 5.91 Å². The molecule has 0 bridgehead atoms. The lowest BCUT2D eigenvalue weighted by Gasteiger charge is -2.14. The van der Waals surface area contributed by atoms with Gasteiger partial charge in [-0.05, 0) is 48.7 Å². The Morgan fingerprint density at radius 1 is 1.26 bits per heavy atom. The lowest BCUT2D eigenvalue weighted by Crippen LogP contribution is -2.25. The van der Waals surface area contributed by atoms with E-state index >= 15 is 0 Å². The van der Waals surface area contributed by atoms with Crippen LogP contribution in [0, 0.1) is 26.7 Å². The molecule has 0 fully saturated rings. The van der Waals surface area contributed by atoms with Gasteiger partial charge < -0.3 is 15.0 Å². The van der Waals surface area contributed by atoms with Crippen molar-refractivity contribution in [1.82, 2.24) is 14.7 Å². The molecule has 0 saturated carbocycles. The summed E-state index contributed by atoms with van der Waals surface area (Å²) < 4.78 is 7.99. The smallest absolute Gasteiger partial charge is 0.341 e. The molecule has 1 N–H and O–H groups in total. The maximum atomic E-state index is 12.9. The number of hydrogen-bond acceptors (Lipinski definition) is 6. The van der Waals surface area contributed by atoms with Gasteiger partial charge in [0, 0.05) is 19.8 Å². The maximum absolute atomic E-state index is 12.9. The topological polar surface area (TPSA) is 93.5 Å². The number of ether oxygens (including phenoxy) is 1. The highest BCUT2D eigenvalue weighted by molar-refractivity contribution is 9.10. The van der Waals surface area contributed by atoms with Gasteiger partial charge in [-0.25, -0.2) is 4.79 Å². The molecule has 0 aliphatic rings. The summed E-state index contributed by atoms with van der Waals surface area (Å²) in [5.74, 6) is -1.45. The Kier molecular flexibility index (Phi) is 8.41. The van der Waals surface area contributed by atoms with Crippen LogP contribution >= 0.6 is 27.3 Å². The van der Waals surface area contributed by atoms with Crippen molar-refractivity contribution >= 4 is 50.1 Å². The van der Waals surface area contributed by atoms with Crippen LogP contribution in [0.25, 0.3) is 0 Å². The van der Waals surface area contributed by atoms with Gasteiger partial charge in [0.15, 0.2) is 0 Å². The van der Waals surface area contributed by atoms with Gasteiger partial charge in [-0.2, -0.15) is 5.10 Å². The van der Waals surface area contributed by atoms with Crippen LogP contribution in [0.1, 0.15) is 57.2 Å². The molecule has 1 unspecified atom stereocenters. The highest BCUT2D eigenvalue weighted by Crippen LogP contribution is 2.35. The Balaban J connectivity index is 2.31. The van der Waals surface area contributed by atoms with Gasteiger partial charge in [0.2, 0.25) is 5.91 Å². The highest BCUT2D eigenvalue weighted by Gasteiger charge is 2.28. The molecule has 2 aromatic rings. The molecule has 2 heterocycles. The van der Waals surface area contributed by atoms with Crippen molar-refractivity contribution in [2.75, 3.05) is 26.0 Å². The average molecular weight is 513 g/mol. The highest BCUT2D eigenvalue weighted by atomic mass is 79.9. The molecule has 0 aliphatic heterocycles.